The van der Waals surface area contributed by atoms with E-state index in [-0.39, 0.29) is 0 Å². The zero-order valence-corrected chi connectivity index (χ0v) is 6.72. The van der Waals surface area contributed by atoms with Gasteiger partial charge >= 0.3 is 0 Å². The average molecular weight is 168 g/mol. The second kappa shape index (κ2) is 3.27. The SMILES string of the molecule is Cc1c(Cl)cccc1OC#N. The van der Waals surface area contributed by atoms with Gasteiger partial charge in [-0.05, 0) is 19.1 Å². The Hall–Kier alpha value is -1.20. The van der Waals surface area contributed by atoms with Crippen molar-refractivity contribution in [2.24, 2.45) is 0 Å². The van der Waals surface area contributed by atoms with Crippen LogP contribution in [-0.4, -0.2) is 0 Å². The van der Waals surface area contributed by atoms with Crippen LogP contribution in [0.15, 0.2) is 18.2 Å². The molecule has 56 valence electrons. The molecule has 2 nitrogen and oxygen atoms in total. The first kappa shape index (κ1) is 7.90. The summed E-state index contributed by atoms with van der Waals surface area (Å²) in [6, 6.07) is 5.19. The third-order valence-electron chi connectivity index (χ3n) is 1.37. The van der Waals surface area contributed by atoms with E-state index in [9.17, 15) is 0 Å². The van der Waals surface area contributed by atoms with Gasteiger partial charge in [-0.25, -0.2) is 0 Å². The standard InChI is InChI=1S/C8H6ClNO/c1-6-7(9)3-2-4-8(6)11-5-10/h2-4H,1H3. The molecule has 1 aromatic rings. The van der Waals surface area contributed by atoms with Crippen LogP contribution in [0, 0.1) is 18.4 Å². The largest absolute Gasteiger partial charge is 0.388 e. The van der Waals surface area contributed by atoms with Gasteiger partial charge in [0.15, 0.2) is 0 Å². The summed E-state index contributed by atoms with van der Waals surface area (Å²) in [5.41, 5.74) is 0.788. The lowest BCUT2D eigenvalue weighted by Crippen LogP contribution is -1.85. The molecule has 11 heavy (non-hydrogen) atoms. The van der Waals surface area contributed by atoms with E-state index >= 15 is 0 Å². The molecule has 0 bridgehead atoms. The lowest BCUT2D eigenvalue weighted by Gasteiger charge is -2.01. The van der Waals surface area contributed by atoms with Gasteiger partial charge in [-0.2, -0.15) is 0 Å². The van der Waals surface area contributed by atoms with Crippen molar-refractivity contribution in [1.29, 1.82) is 5.26 Å². The van der Waals surface area contributed by atoms with Gasteiger partial charge in [0, 0.05) is 10.6 Å². The Morgan fingerprint density at radius 1 is 1.55 bits per heavy atom. The zero-order chi connectivity index (χ0) is 8.27. The fourth-order valence-electron chi connectivity index (χ4n) is 0.747. The molecule has 0 aliphatic carbocycles. The summed E-state index contributed by atoms with van der Waals surface area (Å²) in [6.07, 6.45) is 1.59. The lowest BCUT2D eigenvalue weighted by atomic mass is 10.2. The van der Waals surface area contributed by atoms with Crippen LogP contribution in [0.2, 0.25) is 5.02 Å². The normalized spacial score (nSPS) is 8.82. The number of benzene rings is 1. The molecule has 0 atom stereocenters. The average Bonchev–Trinajstić information content (AvgIpc) is 1.99. The Kier molecular flexibility index (Phi) is 2.35. The first-order valence-electron chi connectivity index (χ1n) is 3.06. The molecular weight excluding hydrogens is 162 g/mol. The highest BCUT2D eigenvalue weighted by Gasteiger charge is 2.01. The highest BCUT2D eigenvalue weighted by Crippen LogP contribution is 2.24. The third kappa shape index (κ3) is 1.63. The van der Waals surface area contributed by atoms with Crippen molar-refractivity contribution >= 4 is 11.6 Å². The number of hydrogen-bond acceptors (Lipinski definition) is 2. The maximum Gasteiger partial charge on any atom is 0.292 e. The molecule has 0 amide bonds. The molecule has 1 aromatic carbocycles. The maximum atomic E-state index is 8.22. The molecule has 0 radical (unpaired) electrons. The van der Waals surface area contributed by atoms with Crippen molar-refractivity contribution < 1.29 is 4.74 Å². The van der Waals surface area contributed by atoms with Crippen molar-refractivity contribution in [1.82, 2.24) is 0 Å². The second-order valence-electron chi connectivity index (χ2n) is 2.06. The van der Waals surface area contributed by atoms with E-state index in [0.717, 1.165) is 5.56 Å². The fraction of sp³-hybridized carbons (Fsp3) is 0.125. The zero-order valence-electron chi connectivity index (χ0n) is 5.97. The van der Waals surface area contributed by atoms with Gasteiger partial charge in [-0.3, -0.25) is 0 Å². The van der Waals surface area contributed by atoms with E-state index < -0.39 is 0 Å². The molecule has 0 aliphatic heterocycles. The predicted molar refractivity (Wildman–Crippen MR) is 42.4 cm³/mol. The van der Waals surface area contributed by atoms with Crippen LogP contribution in [-0.2, 0) is 0 Å². The first-order chi connectivity index (χ1) is 5.25. The quantitative estimate of drug-likeness (QED) is 0.602. The molecule has 0 heterocycles. The summed E-state index contributed by atoms with van der Waals surface area (Å²) in [5.74, 6) is 0.514. The number of nitrogens with zero attached hydrogens (tertiary/aromatic N) is 1. The van der Waals surface area contributed by atoms with E-state index in [1.54, 1.807) is 31.4 Å². The Balaban J connectivity index is 3.08. The summed E-state index contributed by atoms with van der Waals surface area (Å²) < 4.78 is 4.64. The predicted octanol–water partition coefficient (Wildman–Crippen LogP) is 2.51. The van der Waals surface area contributed by atoms with Gasteiger partial charge in [0.05, 0.1) is 0 Å². The summed E-state index contributed by atoms with van der Waals surface area (Å²) in [7, 11) is 0. The van der Waals surface area contributed by atoms with Crippen molar-refractivity contribution in [2.75, 3.05) is 0 Å². The number of nitriles is 1. The van der Waals surface area contributed by atoms with E-state index in [0.29, 0.717) is 10.8 Å². The van der Waals surface area contributed by atoms with Crippen molar-refractivity contribution in [2.45, 2.75) is 6.92 Å². The van der Waals surface area contributed by atoms with Crippen LogP contribution in [0.1, 0.15) is 5.56 Å². The van der Waals surface area contributed by atoms with E-state index in [2.05, 4.69) is 4.74 Å². The van der Waals surface area contributed by atoms with E-state index in [1.807, 2.05) is 0 Å². The topological polar surface area (TPSA) is 33.0 Å². The minimum atomic E-state index is 0.514. The van der Waals surface area contributed by atoms with Gasteiger partial charge in [-0.1, -0.05) is 17.7 Å². The summed E-state index contributed by atoms with van der Waals surface area (Å²) in [6.45, 7) is 1.80. The molecule has 0 aromatic heterocycles. The van der Waals surface area contributed by atoms with E-state index in [4.69, 9.17) is 16.9 Å². The Morgan fingerprint density at radius 3 is 2.91 bits per heavy atom. The lowest BCUT2D eigenvalue weighted by molar-refractivity contribution is 0.503. The molecule has 0 saturated heterocycles. The number of hydrogen-bond donors (Lipinski definition) is 0. The number of rotatable bonds is 1. The molecule has 0 unspecified atom stereocenters. The van der Waals surface area contributed by atoms with Gasteiger partial charge in [0.2, 0.25) is 0 Å². The molecular formula is C8H6ClNO. The number of halogens is 1. The smallest absolute Gasteiger partial charge is 0.292 e. The minimum absolute atomic E-state index is 0.514. The first-order valence-corrected chi connectivity index (χ1v) is 3.44. The third-order valence-corrected chi connectivity index (χ3v) is 1.78. The monoisotopic (exact) mass is 167 g/mol. The van der Waals surface area contributed by atoms with Crippen molar-refractivity contribution in [3.05, 3.63) is 28.8 Å². The molecule has 3 heteroatoms. The molecule has 1 rings (SSSR count). The summed E-state index contributed by atoms with van der Waals surface area (Å²) >= 11 is 5.76. The highest BCUT2D eigenvalue weighted by atomic mass is 35.5. The van der Waals surface area contributed by atoms with Gasteiger partial charge in [0.25, 0.3) is 6.26 Å². The molecule has 0 N–H and O–H groups in total. The summed E-state index contributed by atoms with van der Waals surface area (Å²) in [4.78, 5) is 0. The molecule has 0 aliphatic rings. The van der Waals surface area contributed by atoms with Crippen molar-refractivity contribution in [3.8, 4) is 12.0 Å². The molecule has 0 saturated carbocycles. The van der Waals surface area contributed by atoms with Crippen LogP contribution < -0.4 is 4.74 Å². The van der Waals surface area contributed by atoms with Crippen LogP contribution in [0.5, 0.6) is 5.75 Å². The van der Waals surface area contributed by atoms with Crippen LogP contribution in [0.4, 0.5) is 0 Å². The van der Waals surface area contributed by atoms with Gasteiger partial charge in [0.1, 0.15) is 5.75 Å². The Labute approximate surface area is 70.0 Å². The number of ether oxygens (including phenoxy) is 1. The molecule has 0 spiro atoms. The van der Waals surface area contributed by atoms with Crippen molar-refractivity contribution in [3.63, 3.8) is 0 Å². The maximum absolute atomic E-state index is 8.22. The molecule has 0 fully saturated rings. The Bertz CT molecular complexity index is 303. The second-order valence-corrected chi connectivity index (χ2v) is 2.46. The van der Waals surface area contributed by atoms with Crippen LogP contribution in [0.3, 0.4) is 0 Å². The highest BCUT2D eigenvalue weighted by molar-refractivity contribution is 6.31. The van der Waals surface area contributed by atoms with Crippen LogP contribution in [0.25, 0.3) is 0 Å². The van der Waals surface area contributed by atoms with Gasteiger partial charge in [-0.15, -0.1) is 5.26 Å². The Morgan fingerprint density at radius 2 is 2.27 bits per heavy atom. The minimum Gasteiger partial charge on any atom is -0.388 e. The van der Waals surface area contributed by atoms with Crippen LogP contribution >= 0.6 is 11.6 Å². The fourth-order valence-corrected chi connectivity index (χ4v) is 0.913. The van der Waals surface area contributed by atoms with Gasteiger partial charge < -0.3 is 4.74 Å². The van der Waals surface area contributed by atoms with E-state index in [1.165, 1.54) is 0 Å². The summed E-state index contributed by atoms with van der Waals surface area (Å²) in [5, 5.41) is 8.83.